The molecule has 2 aromatic carbocycles. The van der Waals surface area contributed by atoms with Gasteiger partial charge in [-0.15, -0.1) is 5.10 Å². The summed E-state index contributed by atoms with van der Waals surface area (Å²) in [5.41, 5.74) is 18.6. The number of nitrogen functional groups attached to an aromatic ring is 2. The smallest absolute Gasteiger partial charge is 0.329 e. The van der Waals surface area contributed by atoms with Crippen molar-refractivity contribution in [2.45, 2.75) is 251 Å². The number of oxime groups is 1. The lowest BCUT2D eigenvalue weighted by Crippen LogP contribution is -2.61. The molecule has 3 aliphatic heterocycles. The van der Waals surface area contributed by atoms with E-state index in [-0.39, 0.29) is 105 Å². The summed E-state index contributed by atoms with van der Waals surface area (Å²) in [5.74, 6) is -7.50. The van der Waals surface area contributed by atoms with Crippen LogP contribution >= 0.6 is 0 Å². The van der Waals surface area contributed by atoms with Gasteiger partial charge in [0, 0.05) is 122 Å². The van der Waals surface area contributed by atoms with Crippen LogP contribution in [0.4, 0.5) is 11.8 Å². The number of carbonyl (C=O) groups excluding carboxylic acids is 7. The van der Waals surface area contributed by atoms with Crippen LogP contribution in [0.3, 0.4) is 0 Å². The molecule has 2 saturated heterocycles. The molecule has 3 fully saturated rings. The summed E-state index contributed by atoms with van der Waals surface area (Å²) in [4.78, 5) is 117. The number of hydrogen-bond donors (Lipinski definition) is 6. The van der Waals surface area contributed by atoms with Crippen molar-refractivity contribution in [2.75, 3.05) is 132 Å². The van der Waals surface area contributed by atoms with E-state index >= 15 is 4.79 Å². The van der Waals surface area contributed by atoms with Gasteiger partial charge in [0.2, 0.25) is 17.6 Å². The third-order valence-electron chi connectivity index (χ3n) is 25.6. The summed E-state index contributed by atoms with van der Waals surface area (Å²) in [6, 6.07) is 13.8. The van der Waals surface area contributed by atoms with Crippen molar-refractivity contribution in [1.29, 1.82) is 0 Å². The van der Waals surface area contributed by atoms with E-state index in [1.165, 1.54) is 18.3 Å². The lowest BCUT2D eigenvalue weighted by molar-refractivity contribution is -0.265. The highest BCUT2D eigenvalue weighted by molar-refractivity contribution is 6.39. The molecule has 36 heteroatoms. The number of aryl methyl sites for hydroxylation is 2. The number of ketones is 3. The molecular weight excluding hydrogens is 1740 g/mol. The monoisotopic (exact) mass is 1880 g/mol. The summed E-state index contributed by atoms with van der Waals surface area (Å²) in [6.07, 6.45) is 20.0. The highest BCUT2D eigenvalue weighted by atomic mass is 16.6. The molecule has 8 N–H and O–H groups in total. The van der Waals surface area contributed by atoms with Crippen LogP contribution < -0.4 is 22.1 Å². The number of nitrogens with one attached hydrogen (secondary N) is 2. The third-order valence-corrected chi connectivity index (χ3v) is 25.6. The Balaban J connectivity index is 0.599. The highest BCUT2D eigenvalue weighted by Gasteiger charge is 2.53. The number of esters is 1. The zero-order chi connectivity index (χ0) is 96.6. The van der Waals surface area contributed by atoms with Crippen LogP contribution in [0.25, 0.3) is 33.4 Å². The van der Waals surface area contributed by atoms with E-state index in [1.54, 1.807) is 38.8 Å². The molecule has 3 amide bonds. The number of hydrogen-bond acceptors (Lipinski definition) is 31. The number of allylic oxidation sites excluding steroid dienone is 6. The zero-order valence-electron chi connectivity index (χ0n) is 80.4. The van der Waals surface area contributed by atoms with Gasteiger partial charge in [-0.2, -0.15) is 10.1 Å². The average molecular weight is 1880 g/mol. The molecular formula is C99H144N14O22. The van der Waals surface area contributed by atoms with Gasteiger partial charge in [0.25, 0.3) is 17.7 Å². The molecule has 1 saturated carbocycles. The van der Waals surface area contributed by atoms with Crippen molar-refractivity contribution in [3.05, 3.63) is 120 Å². The van der Waals surface area contributed by atoms with Crippen LogP contribution in [0.2, 0.25) is 0 Å². The summed E-state index contributed by atoms with van der Waals surface area (Å²) in [7, 11) is 4.68. The molecule has 10 rings (SSSR count). The van der Waals surface area contributed by atoms with Crippen LogP contribution in [-0.2, 0) is 110 Å². The number of aromatic nitrogens is 8. The number of rotatable bonds is 45. The first-order valence-corrected chi connectivity index (χ1v) is 48.0. The van der Waals surface area contributed by atoms with E-state index in [1.807, 2.05) is 124 Å². The molecule has 135 heavy (non-hydrogen) atoms. The molecule has 15 atom stereocenters. The topological polar surface area (TPSA) is 463 Å². The molecule has 0 radical (unpaired) electrons. The van der Waals surface area contributed by atoms with E-state index in [0.29, 0.717) is 227 Å². The fourth-order valence-corrected chi connectivity index (χ4v) is 17.8. The van der Waals surface area contributed by atoms with Crippen molar-refractivity contribution in [2.24, 2.45) is 40.7 Å². The van der Waals surface area contributed by atoms with Crippen molar-refractivity contribution < 1.29 is 105 Å². The number of Topliss-reactive ketones (excluding diaryl/α,β-unsaturated/α-hetero) is 3. The van der Waals surface area contributed by atoms with Gasteiger partial charge in [-0.1, -0.05) is 112 Å². The summed E-state index contributed by atoms with van der Waals surface area (Å²) in [5, 5.41) is 49.5. The second kappa shape index (κ2) is 56.0. The van der Waals surface area contributed by atoms with Crippen LogP contribution in [0.1, 0.15) is 194 Å². The van der Waals surface area contributed by atoms with E-state index in [2.05, 4.69) is 35.9 Å². The average Bonchev–Trinajstić information content (AvgIpc) is 1.70. The molecule has 0 unspecified atom stereocenters. The Kier molecular flexibility index (Phi) is 44.5. The molecule has 1 aliphatic carbocycles. The van der Waals surface area contributed by atoms with Crippen molar-refractivity contribution in [3.8, 4) is 11.3 Å². The molecule has 6 aromatic rings. The maximum Gasteiger partial charge on any atom is 0.329 e. The predicted octanol–water partition coefficient (Wildman–Crippen LogP) is 11.0. The van der Waals surface area contributed by atoms with Crippen molar-refractivity contribution in [1.82, 2.24) is 55.3 Å². The molecule has 0 spiro atoms. The summed E-state index contributed by atoms with van der Waals surface area (Å²) in [6.45, 7) is 18.8. The van der Waals surface area contributed by atoms with E-state index < -0.39 is 77.8 Å². The maximum absolute atomic E-state index is 15.3. The number of oxazole rings is 1. The summed E-state index contributed by atoms with van der Waals surface area (Å²) >= 11 is 0. The number of methoxy groups -OCH3 is 3. The number of carbonyl (C=O) groups is 7. The van der Waals surface area contributed by atoms with Crippen molar-refractivity contribution in [3.63, 3.8) is 0 Å². The van der Waals surface area contributed by atoms with E-state index in [0.717, 1.165) is 41.7 Å². The third kappa shape index (κ3) is 33.2. The number of fused-ring (bicyclic) bond motifs is 5. The minimum Gasteiger partial charge on any atom is -0.460 e. The molecule has 4 aromatic heterocycles. The van der Waals surface area contributed by atoms with Crippen LogP contribution in [0.5, 0.6) is 0 Å². The lowest BCUT2D eigenvalue weighted by Gasteiger charge is -2.42. The van der Waals surface area contributed by atoms with Crippen LogP contribution in [0, 0.1) is 35.5 Å². The van der Waals surface area contributed by atoms with E-state index in [4.69, 9.17) is 83.1 Å². The first kappa shape index (κ1) is 107. The molecule has 742 valence electrons. The number of amides is 3. The first-order chi connectivity index (χ1) is 65.2. The number of ether oxygens (including phenoxy) is 11. The van der Waals surface area contributed by atoms with Gasteiger partial charge in [0.15, 0.2) is 17.0 Å². The quantitative estimate of drug-likeness (QED) is 0.00680. The van der Waals surface area contributed by atoms with Gasteiger partial charge in [0.05, 0.1) is 114 Å². The standard InChI is InChI=1S/C99H144N14O22/c1-65-23-13-11-14-24-66(2)83(123-8)60-77-34-31-71(7)99(122,135-77)93(119)96(120)111-41-19-17-29-81(111)97(121)133-84(61-78(109-132-63-72-25-15-12-16-26-72)67(3)56-70(6)91(118)92(125-10)90(117)69(5)55-65)68(4)57-73-32-35-80(85(58-73)124-9)113-62-75(107-110-113)27-21-30-86(115)103-40-46-129-50-54-131-52-48-127-44-37-76(114)28-22-43-126-47-51-130-53-49-128-45-38-87(116)102-39-18-20-42-112-95-88(94(100)104-64-105-95)89(108-112)74-33-36-82-79(59-74)106-98(101)134-82/h11-16,23-26,33,36,56,59,62,64-65,67-69,71,73,77,80-81,83-85,91-92,118,122H,17-22,27-32,34-35,37-55,57-58,60-61,63H2,1-10H3,(H2,101,106)(H,102,116)(H,103,115)(H2,100,104,105)/b14-11+,23-13+,66-24+,70-56+,109-78-/t65-,67-,68-,69-,71-,73+,77+,80+,81+,83+,84+,85-,91-,92+,99-/m1/s1. The largest absolute Gasteiger partial charge is 0.460 e. The number of anilines is 2. The SMILES string of the molecule is CO[C@H]1C[C@@H]2CC[C@@H](C)[C@@](O)(O2)C(=O)C(=O)N2CCCC[C@H]2C(=O)O[C@H]([C@H](C)C[C@@H]2CC[C@H](n3cc(CCCC(=O)NCCOCCOCCOCCC(=O)CCCOCCOCCOCCC(=O)NCCCCn4nc(-c5ccc6oc(N)nc6c5)c5c(N)ncnc54)nn3)[C@H](OC)C2)C/C(=N/OCc2ccccc2)[C@H](C)/C=C(\C)[C@@H](O)[C@@H](OC)C(=O)[C@H](C)C[C@H](C)/C=C/C=C/C=C/1C. The second-order valence-corrected chi connectivity index (χ2v) is 36.0. The number of benzene rings is 2. The fourth-order valence-electron chi connectivity index (χ4n) is 17.8. The summed E-state index contributed by atoms with van der Waals surface area (Å²) < 4.78 is 73.8. The maximum atomic E-state index is 15.3. The molecule has 2 bridgehead atoms. The number of aliphatic hydroxyl groups excluding tert-OH is 1. The minimum atomic E-state index is -2.48. The first-order valence-electron chi connectivity index (χ1n) is 48.0. The normalized spacial score (nSPS) is 25.8. The Bertz CT molecular complexity index is 4880. The Morgan fingerprint density at radius 1 is 0.726 bits per heavy atom. The van der Waals surface area contributed by atoms with E-state index in [9.17, 15) is 39.0 Å². The minimum absolute atomic E-state index is 0.0137. The Hall–Kier alpha value is -9.96. The van der Waals surface area contributed by atoms with Crippen molar-refractivity contribution >= 4 is 80.7 Å². The molecule has 4 aliphatic rings. The fraction of sp³-hybridized carbons (Fsp3) is 0.636. The molecule has 36 nitrogen and oxygen atoms in total. The van der Waals surface area contributed by atoms with Gasteiger partial charge in [-0.3, -0.25) is 28.8 Å². The number of unbranched alkanes of at least 4 members (excludes halogenated alkanes) is 1. The number of aliphatic hydroxyl groups is 2. The Labute approximate surface area is 791 Å². The number of nitrogens with two attached hydrogens (primary N) is 2. The van der Waals surface area contributed by atoms with Gasteiger partial charge in [0.1, 0.15) is 60.1 Å². The van der Waals surface area contributed by atoms with Gasteiger partial charge in [-0.25, -0.2) is 24.1 Å². The zero-order valence-corrected chi connectivity index (χ0v) is 80.4. The highest BCUT2D eigenvalue weighted by Crippen LogP contribution is 2.41. The Morgan fingerprint density at radius 3 is 2.19 bits per heavy atom. The number of cyclic esters (lactones) is 1. The molecule has 7 heterocycles. The van der Waals surface area contributed by atoms with Crippen LogP contribution in [0.15, 0.2) is 118 Å². The van der Waals surface area contributed by atoms with Gasteiger partial charge < -0.3 is 98.6 Å². The Morgan fingerprint density at radius 2 is 1.44 bits per heavy atom. The van der Waals surface area contributed by atoms with Crippen LogP contribution in [-0.4, -0.2) is 270 Å². The van der Waals surface area contributed by atoms with Gasteiger partial charge in [-0.05, 0) is 163 Å². The lowest BCUT2D eigenvalue weighted by atomic mass is 9.77. The number of nitrogens with zero attached hydrogens (tertiary/aromatic N) is 10. The predicted molar refractivity (Wildman–Crippen MR) is 506 cm³/mol. The number of piperidine rings is 1. The second-order valence-electron chi connectivity index (χ2n) is 36.0. The van der Waals surface area contributed by atoms with Gasteiger partial charge >= 0.3 is 5.97 Å².